The number of nitrogens with zero attached hydrogens (tertiary/aromatic N) is 2. The average Bonchev–Trinajstić information content (AvgIpc) is 2.85. The van der Waals surface area contributed by atoms with E-state index in [4.69, 9.17) is 4.74 Å². The number of nitrogens with one attached hydrogen (secondary N) is 1. The summed E-state index contributed by atoms with van der Waals surface area (Å²) in [6.07, 6.45) is 1.08. The second-order valence-corrected chi connectivity index (χ2v) is 5.02. The summed E-state index contributed by atoms with van der Waals surface area (Å²) in [6.45, 7) is 6.83. The van der Waals surface area contributed by atoms with Crippen LogP contribution in [0.3, 0.4) is 0 Å². The van der Waals surface area contributed by atoms with Gasteiger partial charge in [-0.1, -0.05) is 18.3 Å². The zero-order valence-corrected chi connectivity index (χ0v) is 10.0. The molecule has 4 nitrogen and oxygen atoms in total. The second kappa shape index (κ2) is 5.01. The molecule has 1 unspecified atom stereocenters. The molecule has 0 aromatic carbocycles. The SMILES string of the molecule is CC(C)NCc1snnc1C1CCOC1. The standard InChI is InChI=1S/C10H17N3OS/c1-7(2)11-5-9-10(12-13-15-9)8-3-4-14-6-8/h7-8,11H,3-6H2,1-2H3. The van der Waals surface area contributed by atoms with E-state index in [1.807, 2.05) is 0 Å². The highest BCUT2D eigenvalue weighted by molar-refractivity contribution is 7.05. The molecule has 1 N–H and O–H groups in total. The van der Waals surface area contributed by atoms with Gasteiger partial charge in [0.2, 0.25) is 0 Å². The van der Waals surface area contributed by atoms with E-state index in [1.54, 1.807) is 0 Å². The van der Waals surface area contributed by atoms with Crippen LogP contribution in [0, 0.1) is 0 Å². The van der Waals surface area contributed by atoms with Crippen molar-refractivity contribution in [1.29, 1.82) is 0 Å². The summed E-state index contributed by atoms with van der Waals surface area (Å²) in [5.41, 5.74) is 1.14. The summed E-state index contributed by atoms with van der Waals surface area (Å²) in [5.74, 6) is 0.465. The number of ether oxygens (including phenoxy) is 1. The summed E-state index contributed by atoms with van der Waals surface area (Å²) in [4.78, 5) is 1.26. The zero-order chi connectivity index (χ0) is 10.7. The van der Waals surface area contributed by atoms with Crippen LogP contribution < -0.4 is 5.32 Å². The molecule has 1 aromatic heterocycles. The third kappa shape index (κ3) is 2.74. The minimum absolute atomic E-state index is 0.465. The summed E-state index contributed by atoms with van der Waals surface area (Å²) in [5, 5.41) is 7.63. The predicted octanol–water partition coefficient (Wildman–Crippen LogP) is 1.54. The molecule has 1 fully saturated rings. The maximum Gasteiger partial charge on any atom is 0.0855 e. The molecular formula is C10H17N3OS. The van der Waals surface area contributed by atoms with Gasteiger partial charge < -0.3 is 10.1 Å². The van der Waals surface area contributed by atoms with E-state index in [1.165, 1.54) is 16.4 Å². The Bertz CT molecular complexity index is 307. The summed E-state index contributed by atoms with van der Waals surface area (Å²) >= 11 is 1.50. The Kier molecular flexibility index (Phi) is 3.66. The topological polar surface area (TPSA) is 47.0 Å². The lowest BCUT2D eigenvalue weighted by Gasteiger charge is -2.09. The highest BCUT2D eigenvalue weighted by Crippen LogP contribution is 2.27. The van der Waals surface area contributed by atoms with Crippen LogP contribution in [-0.4, -0.2) is 28.8 Å². The zero-order valence-electron chi connectivity index (χ0n) is 9.19. The Morgan fingerprint density at radius 3 is 3.13 bits per heavy atom. The largest absolute Gasteiger partial charge is 0.381 e. The number of hydrogen-bond donors (Lipinski definition) is 1. The molecule has 15 heavy (non-hydrogen) atoms. The quantitative estimate of drug-likeness (QED) is 0.847. The van der Waals surface area contributed by atoms with Gasteiger partial charge in [0.1, 0.15) is 0 Å². The number of aromatic nitrogens is 2. The first-order chi connectivity index (χ1) is 7.27. The Balaban J connectivity index is 2.01. The number of hydrogen-bond acceptors (Lipinski definition) is 5. The normalized spacial score (nSPS) is 21.4. The van der Waals surface area contributed by atoms with Gasteiger partial charge in [0.15, 0.2) is 0 Å². The molecule has 1 atom stereocenters. The fourth-order valence-electron chi connectivity index (χ4n) is 1.70. The molecule has 0 saturated carbocycles. The Morgan fingerprint density at radius 2 is 2.47 bits per heavy atom. The first-order valence-corrected chi connectivity index (χ1v) is 6.17. The monoisotopic (exact) mass is 227 g/mol. The van der Waals surface area contributed by atoms with Gasteiger partial charge in [-0.25, -0.2) is 0 Å². The lowest BCUT2D eigenvalue weighted by Crippen LogP contribution is -2.22. The molecular weight excluding hydrogens is 210 g/mol. The molecule has 1 aromatic rings. The second-order valence-electron chi connectivity index (χ2n) is 4.18. The summed E-state index contributed by atoms with van der Waals surface area (Å²) in [6, 6.07) is 0.500. The predicted molar refractivity (Wildman–Crippen MR) is 60.1 cm³/mol. The molecule has 0 amide bonds. The lowest BCUT2D eigenvalue weighted by molar-refractivity contribution is 0.193. The van der Waals surface area contributed by atoms with E-state index in [0.29, 0.717) is 12.0 Å². The van der Waals surface area contributed by atoms with Gasteiger partial charge in [0, 0.05) is 25.1 Å². The summed E-state index contributed by atoms with van der Waals surface area (Å²) in [7, 11) is 0. The van der Waals surface area contributed by atoms with Gasteiger partial charge in [-0.15, -0.1) is 5.10 Å². The van der Waals surface area contributed by atoms with Crippen LogP contribution >= 0.6 is 11.5 Å². The van der Waals surface area contributed by atoms with E-state index < -0.39 is 0 Å². The van der Waals surface area contributed by atoms with Crippen molar-refractivity contribution in [2.75, 3.05) is 13.2 Å². The van der Waals surface area contributed by atoms with Crippen molar-refractivity contribution >= 4 is 11.5 Å². The van der Waals surface area contributed by atoms with Crippen molar-refractivity contribution in [3.63, 3.8) is 0 Å². The molecule has 0 radical (unpaired) electrons. The minimum atomic E-state index is 0.465. The highest BCUT2D eigenvalue weighted by Gasteiger charge is 2.23. The molecule has 0 aliphatic carbocycles. The van der Waals surface area contributed by atoms with Gasteiger partial charge in [0.05, 0.1) is 17.2 Å². The number of rotatable bonds is 4. The van der Waals surface area contributed by atoms with Crippen molar-refractivity contribution in [2.24, 2.45) is 0 Å². The van der Waals surface area contributed by atoms with Crippen LogP contribution in [0.2, 0.25) is 0 Å². The van der Waals surface area contributed by atoms with E-state index >= 15 is 0 Å². The molecule has 2 heterocycles. The van der Waals surface area contributed by atoms with Crippen LogP contribution in [0.4, 0.5) is 0 Å². The van der Waals surface area contributed by atoms with Crippen molar-refractivity contribution in [3.8, 4) is 0 Å². The van der Waals surface area contributed by atoms with Gasteiger partial charge in [-0.3, -0.25) is 0 Å². The average molecular weight is 227 g/mol. The van der Waals surface area contributed by atoms with Crippen molar-refractivity contribution in [2.45, 2.75) is 38.8 Å². The van der Waals surface area contributed by atoms with Crippen molar-refractivity contribution in [1.82, 2.24) is 14.9 Å². The van der Waals surface area contributed by atoms with E-state index in [9.17, 15) is 0 Å². The van der Waals surface area contributed by atoms with Crippen LogP contribution in [0.25, 0.3) is 0 Å². The van der Waals surface area contributed by atoms with E-state index in [2.05, 4.69) is 28.8 Å². The molecule has 0 spiro atoms. The van der Waals surface area contributed by atoms with Crippen LogP contribution in [-0.2, 0) is 11.3 Å². The third-order valence-corrected chi connectivity index (χ3v) is 3.31. The van der Waals surface area contributed by atoms with E-state index in [-0.39, 0.29) is 0 Å². The molecule has 5 heteroatoms. The molecule has 0 bridgehead atoms. The highest BCUT2D eigenvalue weighted by atomic mass is 32.1. The van der Waals surface area contributed by atoms with Crippen LogP contribution in [0.5, 0.6) is 0 Å². The lowest BCUT2D eigenvalue weighted by atomic mass is 10.0. The Morgan fingerprint density at radius 1 is 1.60 bits per heavy atom. The van der Waals surface area contributed by atoms with Crippen LogP contribution in [0.15, 0.2) is 0 Å². The molecule has 1 saturated heterocycles. The maximum atomic E-state index is 5.38. The molecule has 2 rings (SSSR count). The minimum Gasteiger partial charge on any atom is -0.381 e. The first kappa shape index (κ1) is 11.0. The molecule has 1 aliphatic rings. The van der Waals surface area contributed by atoms with Gasteiger partial charge in [-0.05, 0) is 18.0 Å². The van der Waals surface area contributed by atoms with Gasteiger partial charge >= 0.3 is 0 Å². The molecule has 84 valence electrons. The van der Waals surface area contributed by atoms with Crippen molar-refractivity contribution in [3.05, 3.63) is 10.6 Å². The maximum absolute atomic E-state index is 5.38. The Hall–Kier alpha value is -0.520. The van der Waals surface area contributed by atoms with Gasteiger partial charge in [0.25, 0.3) is 0 Å². The van der Waals surface area contributed by atoms with Crippen LogP contribution in [0.1, 0.15) is 36.8 Å². The smallest absolute Gasteiger partial charge is 0.0855 e. The fraction of sp³-hybridized carbons (Fsp3) is 0.800. The third-order valence-electron chi connectivity index (χ3n) is 2.57. The first-order valence-electron chi connectivity index (χ1n) is 5.39. The van der Waals surface area contributed by atoms with Gasteiger partial charge in [-0.2, -0.15) is 0 Å². The Labute approximate surface area is 94.2 Å². The van der Waals surface area contributed by atoms with E-state index in [0.717, 1.165) is 31.9 Å². The van der Waals surface area contributed by atoms with Crippen molar-refractivity contribution < 1.29 is 4.74 Å². The summed E-state index contributed by atoms with van der Waals surface area (Å²) < 4.78 is 9.42. The fourth-order valence-corrected chi connectivity index (χ4v) is 2.37. The molecule has 1 aliphatic heterocycles.